The first-order valence-electron chi connectivity index (χ1n) is 7.18. The SMILES string of the molecule is CC(NC(C)(C)CNC(=O)OC(C)(C)C)C1(C)CC1. The smallest absolute Gasteiger partial charge is 0.407 e. The summed E-state index contributed by atoms with van der Waals surface area (Å²) in [6.45, 7) is 14.9. The van der Waals surface area contributed by atoms with Gasteiger partial charge in [-0.3, -0.25) is 0 Å². The van der Waals surface area contributed by atoms with Crippen molar-refractivity contribution in [1.82, 2.24) is 10.6 Å². The number of amides is 1. The van der Waals surface area contributed by atoms with Gasteiger partial charge >= 0.3 is 6.09 Å². The number of carbonyl (C=O) groups is 1. The Hall–Kier alpha value is -0.770. The third-order valence-corrected chi connectivity index (χ3v) is 3.76. The fourth-order valence-electron chi connectivity index (χ4n) is 2.05. The molecular weight excluding hydrogens is 240 g/mol. The van der Waals surface area contributed by atoms with Gasteiger partial charge in [-0.15, -0.1) is 0 Å². The average Bonchev–Trinajstić information content (AvgIpc) is 2.92. The number of nitrogens with one attached hydrogen (secondary N) is 2. The molecule has 1 rings (SSSR count). The molecule has 4 heteroatoms. The minimum Gasteiger partial charge on any atom is -0.444 e. The van der Waals surface area contributed by atoms with Crippen LogP contribution in [0.5, 0.6) is 0 Å². The van der Waals surface area contributed by atoms with E-state index in [0.29, 0.717) is 18.0 Å². The van der Waals surface area contributed by atoms with Crippen molar-refractivity contribution in [2.75, 3.05) is 6.54 Å². The van der Waals surface area contributed by atoms with E-state index in [1.165, 1.54) is 12.8 Å². The van der Waals surface area contributed by atoms with Crippen LogP contribution in [0.15, 0.2) is 0 Å². The Morgan fingerprint density at radius 2 is 1.79 bits per heavy atom. The Balaban J connectivity index is 2.36. The molecule has 1 saturated carbocycles. The fourth-order valence-corrected chi connectivity index (χ4v) is 2.05. The Morgan fingerprint density at radius 3 is 2.21 bits per heavy atom. The van der Waals surface area contributed by atoms with Gasteiger partial charge in [0.1, 0.15) is 5.60 Å². The van der Waals surface area contributed by atoms with Crippen LogP contribution in [0.3, 0.4) is 0 Å². The van der Waals surface area contributed by atoms with Gasteiger partial charge in [0.2, 0.25) is 0 Å². The van der Waals surface area contributed by atoms with E-state index in [9.17, 15) is 4.79 Å². The van der Waals surface area contributed by atoms with Crippen molar-refractivity contribution >= 4 is 6.09 Å². The molecule has 1 amide bonds. The standard InChI is InChI=1S/C15H30N2O2/c1-11(15(7)8-9-15)17-14(5,6)10-16-12(18)19-13(2,3)4/h11,17H,8-10H2,1-7H3,(H,16,18). The highest BCUT2D eigenvalue weighted by Crippen LogP contribution is 2.48. The predicted octanol–water partition coefficient (Wildman–Crippen LogP) is 3.07. The van der Waals surface area contributed by atoms with Crippen molar-refractivity contribution in [3.63, 3.8) is 0 Å². The Labute approximate surface area is 117 Å². The summed E-state index contributed by atoms with van der Waals surface area (Å²) in [4.78, 5) is 11.6. The second kappa shape index (κ2) is 5.31. The quantitative estimate of drug-likeness (QED) is 0.807. The summed E-state index contributed by atoms with van der Waals surface area (Å²) in [5, 5.41) is 6.44. The molecule has 0 bridgehead atoms. The van der Waals surface area contributed by atoms with Crippen LogP contribution in [0, 0.1) is 5.41 Å². The second-order valence-electron chi connectivity index (χ2n) is 7.76. The molecule has 0 saturated heterocycles. The molecule has 2 N–H and O–H groups in total. The van der Waals surface area contributed by atoms with E-state index in [0.717, 1.165) is 0 Å². The summed E-state index contributed by atoms with van der Waals surface area (Å²) in [7, 11) is 0. The van der Waals surface area contributed by atoms with Crippen LogP contribution in [-0.4, -0.2) is 29.8 Å². The fraction of sp³-hybridized carbons (Fsp3) is 0.933. The number of alkyl carbamates (subject to hydrolysis) is 1. The molecule has 0 aromatic heterocycles. The molecule has 112 valence electrons. The van der Waals surface area contributed by atoms with Crippen LogP contribution < -0.4 is 10.6 Å². The van der Waals surface area contributed by atoms with Gasteiger partial charge in [0.15, 0.2) is 0 Å². The summed E-state index contributed by atoms with van der Waals surface area (Å²) < 4.78 is 5.24. The normalized spacial score (nSPS) is 19.7. The van der Waals surface area contributed by atoms with Gasteiger partial charge < -0.3 is 15.4 Å². The molecule has 0 heterocycles. The number of carbonyl (C=O) groups excluding carboxylic acids is 1. The van der Waals surface area contributed by atoms with Crippen LogP contribution in [-0.2, 0) is 4.74 Å². The van der Waals surface area contributed by atoms with Crippen molar-refractivity contribution in [1.29, 1.82) is 0 Å². The van der Waals surface area contributed by atoms with Crippen LogP contribution in [0.4, 0.5) is 4.79 Å². The van der Waals surface area contributed by atoms with Crippen molar-refractivity contribution in [2.24, 2.45) is 5.41 Å². The van der Waals surface area contributed by atoms with E-state index in [2.05, 4.69) is 38.3 Å². The van der Waals surface area contributed by atoms with Gasteiger partial charge in [0.05, 0.1) is 0 Å². The zero-order valence-electron chi connectivity index (χ0n) is 13.5. The molecule has 4 nitrogen and oxygen atoms in total. The minimum absolute atomic E-state index is 0.137. The first-order chi connectivity index (χ1) is 8.44. The summed E-state index contributed by atoms with van der Waals surface area (Å²) in [6, 6.07) is 0.461. The molecule has 1 aliphatic rings. The molecule has 1 atom stereocenters. The zero-order valence-corrected chi connectivity index (χ0v) is 13.5. The third kappa shape index (κ3) is 5.81. The van der Waals surface area contributed by atoms with E-state index >= 15 is 0 Å². The zero-order chi connectivity index (χ0) is 14.9. The second-order valence-corrected chi connectivity index (χ2v) is 7.76. The van der Waals surface area contributed by atoms with E-state index in [1.54, 1.807) is 0 Å². The molecule has 1 unspecified atom stereocenters. The topological polar surface area (TPSA) is 50.4 Å². The molecular formula is C15H30N2O2. The summed E-state index contributed by atoms with van der Waals surface area (Å²) >= 11 is 0. The van der Waals surface area contributed by atoms with Crippen molar-refractivity contribution < 1.29 is 9.53 Å². The molecule has 0 radical (unpaired) electrons. The Morgan fingerprint density at radius 1 is 1.26 bits per heavy atom. The van der Waals surface area contributed by atoms with Gasteiger partial charge in [-0.1, -0.05) is 6.92 Å². The third-order valence-electron chi connectivity index (χ3n) is 3.76. The Bertz CT molecular complexity index is 328. The highest BCUT2D eigenvalue weighted by molar-refractivity contribution is 5.67. The summed E-state index contributed by atoms with van der Waals surface area (Å²) in [6.07, 6.45) is 2.22. The average molecular weight is 270 g/mol. The maximum Gasteiger partial charge on any atom is 0.407 e. The van der Waals surface area contributed by atoms with Crippen LogP contribution in [0.2, 0.25) is 0 Å². The largest absolute Gasteiger partial charge is 0.444 e. The highest BCUT2D eigenvalue weighted by Gasteiger charge is 2.43. The highest BCUT2D eigenvalue weighted by atomic mass is 16.6. The number of ether oxygens (including phenoxy) is 1. The predicted molar refractivity (Wildman–Crippen MR) is 78.3 cm³/mol. The molecule has 0 aromatic carbocycles. The lowest BCUT2D eigenvalue weighted by Gasteiger charge is -2.33. The first kappa shape index (κ1) is 16.3. The van der Waals surface area contributed by atoms with Crippen molar-refractivity contribution in [2.45, 2.75) is 78.5 Å². The lowest BCUT2D eigenvalue weighted by molar-refractivity contribution is 0.0511. The van der Waals surface area contributed by atoms with Crippen molar-refractivity contribution in [3.8, 4) is 0 Å². The van der Waals surface area contributed by atoms with Gasteiger partial charge in [-0.05, 0) is 59.8 Å². The van der Waals surface area contributed by atoms with Gasteiger partial charge in [0, 0.05) is 18.1 Å². The van der Waals surface area contributed by atoms with E-state index in [-0.39, 0.29) is 11.6 Å². The summed E-state index contributed by atoms with van der Waals surface area (Å²) in [5.74, 6) is 0. The molecule has 19 heavy (non-hydrogen) atoms. The number of hydrogen-bond donors (Lipinski definition) is 2. The monoisotopic (exact) mass is 270 g/mol. The Kier molecular flexibility index (Phi) is 4.55. The van der Waals surface area contributed by atoms with Gasteiger partial charge in [-0.25, -0.2) is 4.79 Å². The van der Waals surface area contributed by atoms with E-state index in [1.807, 2.05) is 20.8 Å². The van der Waals surface area contributed by atoms with Crippen LogP contribution in [0.25, 0.3) is 0 Å². The first-order valence-corrected chi connectivity index (χ1v) is 7.18. The minimum atomic E-state index is -0.448. The van der Waals surface area contributed by atoms with Gasteiger partial charge in [0.25, 0.3) is 0 Å². The lowest BCUT2D eigenvalue weighted by Crippen LogP contribution is -2.54. The van der Waals surface area contributed by atoms with Crippen molar-refractivity contribution in [3.05, 3.63) is 0 Å². The maximum atomic E-state index is 11.6. The number of rotatable bonds is 5. The van der Waals surface area contributed by atoms with E-state index < -0.39 is 5.60 Å². The molecule has 1 fully saturated rings. The number of hydrogen-bond acceptors (Lipinski definition) is 3. The van der Waals surface area contributed by atoms with Crippen LogP contribution >= 0.6 is 0 Å². The van der Waals surface area contributed by atoms with Gasteiger partial charge in [-0.2, -0.15) is 0 Å². The lowest BCUT2D eigenvalue weighted by atomic mass is 9.96. The van der Waals surface area contributed by atoms with E-state index in [4.69, 9.17) is 4.74 Å². The molecule has 0 aliphatic heterocycles. The van der Waals surface area contributed by atoms with Crippen LogP contribution in [0.1, 0.15) is 61.3 Å². The summed E-state index contributed by atoms with van der Waals surface area (Å²) in [5.41, 5.74) is -0.151. The molecule has 0 spiro atoms. The maximum absolute atomic E-state index is 11.6. The molecule has 1 aliphatic carbocycles. The molecule has 0 aromatic rings.